The molecular formula is C21H20N4O3. The Labute approximate surface area is 160 Å². The molecule has 142 valence electrons. The Kier molecular flexibility index (Phi) is 4.15. The molecule has 2 aromatic heterocycles. The zero-order chi connectivity index (χ0) is 19.9. The van der Waals surface area contributed by atoms with Crippen LogP contribution in [0.5, 0.6) is 0 Å². The van der Waals surface area contributed by atoms with Gasteiger partial charge < -0.3 is 10.3 Å². The van der Waals surface area contributed by atoms with Crippen molar-refractivity contribution in [3.63, 3.8) is 0 Å². The fourth-order valence-corrected chi connectivity index (χ4v) is 3.01. The average Bonchev–Trinajstić information content (AvgIpc) is 3.26. The zero-order valence-corrected chi connectivity index (χ0v) is 15.8. The first kappa shape index (κ1) is 17.8. The second kappa shape index (κ2) is 6.53. The quantitative estimate of drug-likeness (QED) is 0.501. The monoisotopic (exact) mass is 376 g/mol. The van der Waals surface area contributed by atoms with Gasteiger partial charge in [-0.05, 0) is 35.2 Å². The summed E-state index contributed by atoms with van der Waals surface area (Å²) in [6.45, 7) is 6.46. The molecule has 0 radical (unpaired) electrons. The van der Waals surface area contributed by atoms with E-state index in [4.69, 9.17) is 0 Å². The number of carbonyl (C=O) groups excluding carboxylic acids is 1. The van der Waals surface area contributed by atoms with Crippen LogP contribution in [0.1, 0.15) is 36.8 Å². The van der Waals surface area contributed by atoms with Crippen molar-refractivity contribution in [3.8, 4) is 11.4 Å². The molecule has 0 saturated heterocycles. The molecule has 0 aliphatic heterocycles. The van der Waals surface area contributed by atoms with Crippen LogP contribution in [0.25, 0.3) is 22.3 Å². The maximum Gasteiger partial charge on any atom is 0.439 e. The summed E-state index contributed by atoms with van der Waals surface area (Å²) in [6, 6.07) is 15.0. The lowest BCUT2D eigenvalue weighted by molar-refractivity contribution is 0.102. The third-order valence-electron chi connectivity index (χ3n) is 4.57. The highest BCUT2D eigenvalue weighted by Gasteiger charge is 2.16. The summed E-state index contributed by atoms with van der Waals surface area (Å²) in [6.07, 6.45) is 0. The molecule has 3 N–H and O–H groups in total. The molecule has 4 rings (SSSR count). The van der Waals surface area contributed by atoms with E-state index in [9.17, 15) is 9.59 Å². The number of rotatable bonds is 3. The molecule has 2 heterocycles. The van der Waals surface area contributed by atoms with Gasteiger partial charge in [0.05, 0.1) is 0 Å². The Morgan fingerprint density at radius 2 is 1.89 bits per heavy atom. The minimum Gasteiger partial charge on any atom is -0.351 e. The first-order chi connectivity index (χ1) is 13.3. The van der Waals surface area contributed by atoms with Crippen LogP contribution in [-0.4, -0.2) is 21.0 Å². The molecule has 7 heteroatoms. The van der Waals surface area contributed by atoms with E-state index in [1.165, 1.54) is 5.56 Å². The SMILES string of the molecule is CC(C)(C)c1ccc2cc(C(=O)Nc3cccc(-c4noc(=O)[nH]4)c3)[nH]c2c1. The molecule has 0 unspecified atom stereocenters. The van der Waals surface area contributed by atoms with Gasteiger partial charge in [-0.15, -0.1) is 0 Å². The van der Waals surface area contributed by atoms with E-state index in [0.29, 0.717) is 22.8 Å². The molecule has 0 saturated carbocycles. The van der Waals surface area contributed by atoms with Crippen molar-refractivity contribution in [2.24, 2.45) is 0 Å². The summed E-state index contributed by atoms with van der Waals surface area (Å²) in [5, 5.41) is 7.50. The van der Waals surface area contributed by atoms with Gasteiger partial charge >= 0.3 is 5.76 Å². The number of hydrogen-bond donors (Lipinski definition) is 3. The number of carbonyl (C=O) groups is 1. The molecule has 1 amide bonds. The summed E-state index contributed by atoms with van der Waals surface area (Å²) < 4.78 is 4.52. The number of amides is 1. The topological polar surface area (TPSA) is 104 Å². The standard InChI is InChI=1S/C21H20N4O3/c1-21(2,3)14-8-7-12-10-17(23-16(12)11-14)19(26)22-15-6-4-5-13(9-15)18-24-20(27)28-25-18/h4-11,23H,1-3H3,(H,22,26)(H,24,25,27). The summed E-state index contributed by atoms with van der Waals surface area (Å²) >= 11 is 0. The van der Waals surface area contributed by atoms with Gasteiger partial charge in [-0.25, -0.2) is 4.79 Å². The normalized spacial score (nSPS) is 11.7. The number of benzene rings is 2. The van der Waals surface area contributed by atoms with Crippen LogP contribution < -0.4 is 11.1 Å². The number of nitrogens with one attached hydrogen (secondary N) is 3. The summed E-state index contributed by atoms with van der Waals surface area (Å²) in [5.41, 5.74) is 3.84. The van der Waals surface area contributed by atoms with E-state index in [1.807, 2.05) is 12.1 Å². The van der Waals surface area contributed by atoms with Crippen LogP contribution in [0.3, 0.4) is 0 Å². The fourth-order valence-electron chi connectivity index (χ4n) is 3.01. The third kappa shape index (κ3) is 3.46. The molecule has 7 nitrogen and oxygen atoms in total. The number of anilines is 1. The van der Waals surface area contributed by atoms with Crippen LogP contribution in [0, 0.1) is 0 Å². The first-order valence-corrected chi connectivity index (χ1v) is 8.91. The maximum absolute atomic E-state index is 12.7. The van der Waals surface area contributed by atoms with Crippen LogP contribution in [0.15, 0.2) is 57.8 Å². The van der Waals surface area contributed by atoms with Gasteiger partial charge in [-0.1, -0.05) is 50.2 Å². The van der Waals surface area contributed by atoms with Crippen molar-refractivity contribution in [2.75, 3.05) is 5.32 Å². The third-order valence-corrected chi connectivity index (χ3v) is 4.57. The van der Waals surface area contributed by atoms with Gasteiger partial charge in [-0.3, -0.25) is 14.3 Å². The highest BCUT2D eigenvalue weighted by Crippen LogP contribution is 2.26. The second-order valence-electron chi connectivity index (χ2n) is 7.71. The Balaban J connectivity index is 1.59. The summed E-state index contributed by atoms with van der Waals surface area (Å²) in [7, 11) is 0. The fraction of sp³-hybridized carbons (Fsp3) is 0.190. The van der Waals surface area contributed by atoms with Gasteiger partial charge in [0.15, 0.2) is 5.82 Å². The summed E-state index contributed by atoms with van der Waals surface area (Å²) in [5.74, 6) is -0.571. The highest BCUT2D eigenvalue weighted by molar-refractivity contribution is 6.06. The predicted molar refractivity (Wildman–Crippen MR) is 108 cm³/mol. The highest BCUT2D eigenvalue weighted by atomic mass is 16.5. The van der Waals surface area contributed by atoms with Crippen molar-refractivity contribution in [1.82, 2.24) is 15.1 Å². The molecule has 28 heavy (non-hydrogen) atoms. The van der Waals surface area contributed by atoms with Crippen molar-refractivity contribution in [2.45, 2.75) is 26.2 Å². The molecule has 0 atom stereocenters. The molecule has 2 aromatic carbocycles. The lowest BCUT2D eigenvalue weighted by Gasteiger charge is -2.18. The minimum absolute atomic E-state index is 0.0320. The molecule has 0 fully saturated rings. The van der Waals surface area contributed by atoms with Crippen LogP contribution in [0.2, 0.25) is 0 Å². The lowest BCUT2D eigenvalue weighted by atomic mass is 9.87. The van der Waals surface area contributed by atoms with E-state index in [-0.39, 0.29) is 11.3 Å². The van der Waals surface area contributed by atoms with E-state index in [1.54, 1.807) is 24.3 Å². The number of fused-ring (bicyclic) bond motifs is 1. The van der Waals surface area contributed by atoms with E-state index < -0.39 is 5.76 Å². The average molecular weight is 376 g/mol. The molecule has 0 spiro atoms. The Morgan fingerprint density at radius 3 is 2.61 bits per heavy atom. The Bertz CT molecular complexity index is 1220. The number of aromatic amines is 2. The van der Waals surface area contributed by atoms with Crippen LogP contribution in [0.4, 0.5) is 5.69 Å². The van der Waals surface area contributed by atoms with Gasteiger partial charge in [0, 0.05) is 22.2 Å². The van der Waals surface area contributed by atoms with Crippen molar-refractivity contribution >= 4 is 22.5 Å². The number of hydrogen-bond acceptors (Lipinski definition) is 4. The summed E-state index contributed by atoms with van der Waals surface area (Å²) in [4.78, 5) is 29.5. The molecule has 0 bridgehead atoms. The lowest BCUT2D eigenvalue weighted by Crippen LogP contribution is -2.12. The maximum atomic E-state index is 12.7. The molecule has 0 aliphatic carbocycles. The Morgan fingerprint density at radius 1 is 1.07 bits per heavy atom. The second-order valence-corrected chi connectivity index (χ2v) is 7.71. The van der Waals surface area contributed by atoms with E-state index in [2.05, 4.69) is 57.9 Å². The van der Waals surface area contributed by atoms with Gasteiger partial charge in [0.25, 0.3) is 5.91 Å². The van der Waals surface area contributed by atoms with Gasteiger partial charge in [0.2, 0.25) is 0 Å². The van der Waals surface area contributed by atoms with Crippen molar-refractivity contribution in [1.29, 1.82) is 0 Å². The molecular weight excluding hydrogens is 356 g/mol. The smallest absolute Gasteiger partial charge is 0.351 e. The number of nitrogens with zero attached hydrogens (tertiary/aromatic N) is 1. The minimum atomic E-state index is -0.628. The zero-order valence-electron chi connectivity index (χ0n) is 15.8. The van der Waals surface area contributed by atoms with E-state index >= 15 is 0 Å². The first-order valence-electron chi connectivity index (χ1n) is 8.91. The van der Waals surface area contributed by atoms with E-state index in [0.717, 1.165) is 10.9 Å². The van der Waals surface area contributed by atoms with Gasteiger partial charge in [0.1, 0.15) is 5.69 Å². The van der Waals surface area contributed by atoms with Crippen LogP contribution >= 0.6 is 0 Å². The largest absolute Gasteiger partial charge is 0.439 e. The Hall–Kier alpha value is -3.61. The van der Waals surface area contributed by atoms with Crippen molar-refractivity contribution < 1.29 is 9.32 Å². The molecule has 0 aliphatic rings. The van der Waals surface area contributed by atoms with Crippen molar-refractivity contribution in [3.05, 3.63) is 70.3 Å². The predicted octanol–water partition coefficient (Wildman–Crippen LogP) is 4.06. The number of H-pyrrole nitrogens is 2. The van der Waals surface area contributed by atoms with Crippen LogP contribution in [-0.2, 0) is 5.41 Å². The number of aromatic nitrogens is 3. The van der Waals surface area contributed by atoms with Gasteiger partial charge in [-0.2, -0.15) is 0 Å². The molecule has 4 aromatic rings.